The lowest BCUT2D eigenvalue weighted by molar-refractivity contribution is -0.203. The third kappa shape index (κ3) is 2.91. The molecule has 4 nitrogen and oxygen atoms in total. The van der Waals surface area contributed by atoms with Crippen LogP contribution in [0, 0.1) is 0 Å². The number of likely N-dealkylation sites (N-methyl/N-ethyl adjacent to an activating group) is 1. The van der Waals surface area contributed by atoms with E-state index in [9.17, 15) is 0 Å². The predicted octanol–water partition coefficient (Wildman–Crippen LogP) is 0.200. The van der Waals surface area contributed by atoms with Crippen molar-refractivity contribution in [3.05, 3.63) is 0 Å². The van der Waals surface area contributed by atoms with Gasteiger partial charge in [-0.15, -0.1) is 0 Å². The van der Waals surface area contributed by atoms with Crippen LogP contribution in [0.5, 0.6) is 0 Å². The minimum Gasteiger partial charge on any atom is -0.343 e. The Kier molecular flexibility index (Phi) is 4.66. The molecule has 0 amide bonds. The lowest BCUT2D eigenvalue weighted by Gasteiger charge is -2.37. The van der Waals surface area contributed by atoms with Gasteiger partial charge in [0.2, 0.25) is 6.41 Å². The Labute approximate surface area is 80.4 Å². The van der Waals surface area contributed by atoms with Gasteiger partial charge in [0, 0.05) is 40.4 Å². The normalized spacial score (nSPS) is 21.2. The molecule has 0 atom stereocenters. The minimum atomic E-state index is -0.168. The highest BCUT2D eigenvalue weighted by Crippen LogP contribution is 2.06. The van der Waals surface area contributed by atoms with Gasteiger partial charge in [0.1, 0.15) is 0 Å². The standard InChI is InChI=1S/C9H20N2O2/c1-4-10-5-7-11(8-6-10)9(12-2)13-3/h9H,4-8H2,1-3H3. The number of piperazine rings is 1. The Hall–Kier alpha value is -0.160. The largest absolute Gasteiger partial charge is 0.343 e. The van der Waals surface area contributed by atoms with E-state index in [0.717, 1.165) is 32.7 Å². The first-order chi connectivity index (χ1) is 6.31. The molecule has 0 aliphatic carbocycles. The van der Waals surface area contributed by atoms with Crippen LogP contribution in [0.15, 0.2) is 0 Å². The zero-order valence-electron chi connectivity index (χ0n) is 8.82. The van der Waals surface area contributed by atoms with E-state index in [0.29, 0.717) is 0 Å². The maximum atomic E-state index is 5.19. The first kappa shape index (κ1) is 10.9. The molecule has 0 aromatic carbocycles. The second-order valence-corrected chi connectivity index (χ2v) is 3.25. The Morgan fingerprint density at radius 1 is 1.08 bits per heavy atom. The minimum absolute atomic E-state index is 0.168. The first-order valence-electron chi connectivity index (χ1n) is 4.83. The van der Waals surface area contributed by atoms with Crippen molar-refractivity contribution >= 4 is 0 Å². The predicted molar refractivity (Wildman–Crippen MR) is 51.5 cm³/mol. The SMILES string of the molecule is CCN1CCN(C(OC)OC)CC1. The molecular weight excluding hydrogens is 168 g/mol. The molecule has 1 saturated heterocycles. The molecule has 0 saturated carbocycles. The molecule has 78 valence electrons. The topological polar surface area (TPSA) is 24.9 Å². The van der Waals surface area contributed by atoms with Gasteiger partial charge in [-0.1, -0.05) is 6.92 Å². The molecule has 1 rings (SSSR count). The molecule has 1 aliphatic heterocycles. The average Bonchev–Trinajstić information content (AvgIpc) is 2.21. The highest BCUT2D eigenvalue weighted by Gasteiger charge is 2.22. The lowest BCUT2D eigenvalue weighted by atomic mass is 10.3. The second-order valence-electron chi connectivity index (χ2n) is 3.25. The Bertz CT molecular complexity index is 132. The molecule has 13 heavy (non-hydrogen) atoms. The van der Waals surface area contributed by atoms with Crippen LogP contribution in [0.1, 0.15) is 6.92 Å². The van der Waals surface area contributed by atoms with Gasteiger partial charge in [-0.05, 0) is 6.54 Å². The number of rotatable bonds is 4. The quantitative estimate of drug-likeness (QED) is 0.588. The summed E-state index contributed by atoms with van der Waals surface area (Å²) in [6, 6.07) is 0. The van der Waals surface area contributed by atoms with Crippen molar-refractivity contribution in [3.8, 4) is 0 Å². The maximum Gasteiger partial charge on any atom is 0.218 e. The van der Waals surface area contributed by atoms with Crippen molar-refractivity contribution in [2.45, 2.75) is 13.3 Å². The van der Waals surface area contributed by atoms with Crippen LogP contribution in [-0.4, -0.2) is 63.2 Å². The third-order valence-electron chi connectivity index (χ3n) is 2.56. The number of hydrogen-bond donors (Lipinski definition) is 0. The number of ether oxygens (including phenoxy) is 2. The van der Waals surface area contributed by atoms with Gasteiger partial charge >= 0.3 is 0 Å². The van der Waals surface area contributed by atoms with Gasteiger partial charge in [0.05, 0.1) is 0 Å². The first-order valence-corrected chi connectivity index (χ1v) is 4.83. The molecule has 0 spiro atoms. The van der Waals surface area contributed by atoms with Gasteiger partial charge in [0.25, 0.3) is 0 Å². The Balaban J connectivity index is 2.30. The smallest absolute Gasteiger partial charge is 0.218 e. The number of methoxy groups -OCH3 is 2. The number of nitrogens with zero attached hydrogens (tertiary/aromatic N) is 2. The van der Waals surface area contributed by atoms with Crippen molar-refractivity contribution in [2.24, 2.45) is 0 Å². The molecule has 1 fully saturated rings. The van der Waals surface area contributed by atoms with E-state index in [1.807, 2.05) is 0 Å². The summed E-state index contributed by atoms with van der Waals surface area (Å²) in [6.07, 6.45) is -0.168. The molecule has 1 heterocycles. The summed E-state index contributed by atoms with van der Waals surface area (Å²) in [6.45, 7) is 7.61. The zero-order valence-corrected chi connectivity index (χ0v) is 8.82. The van der Waals surface area contributed by atoms with E-state index >= 15 is 0 Å². The fraction of sp³-hybridized carbons (Fsp3) is 1.00. The van der Waals surface area contributed by atoms with Crippen LogP contribution in [0.2, 0.25) is 0 Å². The van der Waals surface area contributed by atoms with Crippen LogP contribution < -0.4 is 0 Å². The van der Waals surface area contributed by atoms with Gasteiger partial charge in [-0.3, -0.25) is 4.90 Å². The Morgan fingerprint density at radius 2 is 1.62 bits per heavy atom. The van der Waals surface area contributed by atoms with Crippen LogP contribution in [0.3, 0.4) is 0 Å². The van der Waals surface area contributed by atoms with Crippen LogP contribution >= 0.6 is 0 Å². The molecule has 0 aromatic rings. The highest BCUT2D eigenvalue weighted by molar-refractivity contribution is 4.70. The average molecular weight is 188 g/mol. The maximum absolute atomic E-state index is 5.19. The van der Waals surface area contributed by atoms with E-state index in [2.05, 4.69) is 16.7 Å². The van der Waals surface area contributed by atoms with Gasteiger partial charge in [-0.2, -0.15) is 0 Å². The van der Waals surface area contributed by atoms with Gasteiger partial charge < -0.3 is 14.4 Å². The molecular formula is C9H20N2O2. The molecule has 0 aromatic heterocycles. The van der Waals surface area contributed by atoms with Crippen LogP contribution in [-0.2, 0) is 9.47 Å². The van der Waals surface area contributed by atoms with Gasteiger partial charge in [0.15, 0.2) is 0 Å². The fourth-order valence-electron chi connectivity index (χ4n) is 1.68. The van der Waals surface area contributed by atoms with Crippen molar-refractivity contribution in [1.29, 1.82) is 0 Å². The summed E-state index contributed by atoms with van der Waals surface area (Å²) in [5.74, 6) is 0. The molecule has 4 heteroatoms. The van der Waals surface area contributed by atoms with Crippen molar-refractivity contribution < 1.29 is 9.47 Å². The third-order valence-corrected chi connectivity index (χ3v) is 2.56. The second kappa shape index (κ2) is 5.54. The van der Waals surface area contributed by atoms with Crippen molar-refractivity contribution in [1.82, 2.24) is 9.80 Å². The van der Waals surface area contributed by atoms with E-state index in [1.165, 1.54) is 0 Å². The summed E-state index contributed by atoms with van der Waals surface area (Å²) in [7, 11) is 3.36. The van der Waals surface area contributed by atoms with Crippen molar-refractivity contribution in [2.75, 3.05) is 46.9 Å². The van der Waals surface area contributed by atoms with E-state index in [-0.39, 0.29) is 6.41 Å². The fourth-order valence-corrected chi connectivity index (χ4v) is 1.68. The summed E-state index contributed by atoms with van der Waals surface area (Å²) >= 11 is 0. The van der Waals surface area contributed by atoms with E-state index < -0.39 is 0 Å². The van der Waals surface area contributed by atoms with Crippen LogP contribution in [0.25, 0.3) is 0 Å². The summed E-state index contributed by atoms with van der Waals surface area (Å²) in [4.78, 5) is 4.64. The van der Waals surface area contributed by atoms with Crippen LogP contribution in [0.4, 0.5) is 0 Å². The highest BCUT2D eigenvalue weighted by atomic mass is 16.7. The molecule has 0 unspecified atom stereocenters. The lowest BCUT2D eigenvalue weighted by Crippen LogP contribution is -2.51. The Morgan fingerprint density at radius 3 is 2.00 bits per heavy atom. The molecule has 0 radical (unpaired) electrons. The zero-order chi connectivity index (χ0) is 9.68. The number of hydrogen-bond acceptors (Lipinski definition) is 4. The summed E-state index contributed by atoms with van der Waals surface area (Å²) in [5.41, 5.74) is 0. The monoisotopic (exact) mass is 188 g/mol. The molecule has 0 bridgehead atoms. The summed E-state index contributed by atoms with van der Waals surface area (Å²) < 4.78 is 10.4. The molecule has 1 aliphatic rings. The van der Waals surface area contributed by atoms with Gasteiger partial charge in [-0.25, -0.2) is 0 Å². The van der Waals surface area contributed by atoms with E-state index in [1.54, 1.807) is 14.2 Å². The van der Waals surface area contributed by atoms with E-state index in [4.69, 9.17) is 9.47 Å². The van der Waals surface area contributed by atoms with Crippen molar-refractivity contribution in [3.63, 3.8) is 0 Å². The molecule has 0 N–H and O–H groups in total. The summed E-state index contributed by atoms with van der Waals surface area (Å²) in [5, 5.41) is 0.